The first kappa shape index (κ1) is 17.7. The summed E-state index contributed by atoms with van der Waals surface area (Å²) >= 11 is 0. The van der Waals surface area contributed by atoms with Gasteiger partial charge in [-0.3, -0.25) is 14.9 Å². The first-order valence-corrected chi connectivity index (χ1v) is 7.06. The lowest BCUT2D eigenvalue weighted by molar-refractivity contribution is -0.384. The first-order chi connectivity index (χ1) is 12.0. The van der Waals surface area contributed by atoms with Gasteiger partial charge in [-0.25, -0.2) is 5.43 Å². The van der Waals surface area contributed by atoms with Crippen LogP contribution in [0, 0.1) is 10.1 Å². The molecule has 2 rings (SSSR count). The molecule has 130 valence electrons. The molecule has 9 heteroatoms. The van der Waals surface area contributed by atoms with Crippen molar-refractivity contribution in [1.82, 2.24) is 5.43 Å². The predicted molar refractivity (Wildman–Crippen MR) is 89.0 cm³/mol. The fourth-order valence-electron chi connectivity index (χ4n) is 1.78. The molecule has 0 heterocycles. The number of methoxy groups -OCH3 is 1. The summed E-state index contributed by atoms with van der Waals surface area (Å²) in [5, 5.41) is 24.0. The summed E-state index contributed by atoms with van der Waals surface area (Å²) in [6.07, 6.45) is 1.28. The van der Waals surface area contributed by atoms with E-state index in [1.54, 1.807) is 12.1 Å². The number of aromatic hydroxyl groups is 1. The Kier molecular flexibility index (Phi) is 5.88. The van der Waals surface area contributed by atoms with Gasteiger partial charge in [0, 0.05) is 23.8 Å². The SMILES string of the molecule is COc1ccc(C=NNC(=O)COc2ccc([N+](=O)[O-])cc2)c(O)c1. The van der Waals surface area contributed by atoms with Crippen LogP contribution >= 0.6 is 0 Å². The standard InChI is InChI=1S/C16H15N3O6/c1-24-14-5-2-11(15(20)8-14)9-17-18-16(21)10-25-13-6-3-12(4-7-13)19(22)23/h2-9,20H,10H2,1H3,(H,18,21). The fraction of sp³-hybridized carbons (Fsp3) is 0.125. The number of amides is 1. The Hall–Kier alpha value is -3.62. The van der Waals surface area contributed by atoms with Gasteiger partial charge < -0.3 is 14.6 Å². The summed E-state index contributed by atoms with van der Waals surface area (Å²) < 4.78 is 10.1. The van der Waals surface area contributed by atoms with Crippen LogP contribution in [0.3, 0.4) is 0 Å². The van der Waals surface area contributed by atoms with E-state index in [2.05, 4.69) is 10.5 Å². The normalized spacial score (nSPS) is 10.4. The molecule has 0 fully saturated rings. The Morgan fingerprint density at radius 1 is 1.28 bits per heavy atom. The number of carbonyl (C=O) groups is 1. The van der Waals surface area contributed by atoms with Crippen LogP contribution in [0.1, 0.15) is 5.56 Å². The van der Waals surface area contributed by atoms with E-state index in [9.17, 15) is 20.0 Å². The number of carbonyl (C=O) groups excluding carboxylic acids is 1. The second kappa shape index (κ2) is 8.29. The molecule has 0 aliphatic rings. The zero-order valence-electron chi connectivity index (χ0n) is 13.2. The second-order valence-electron chi connectivity index (χ2n) is 4.76. The minimum atomic E-state index is -0.528. The molecule has 1 amide bonds. The lowest BCUT2D eigenvalue weighted by Gasteiger charge is -2.05. The van der Waals surface area contributed by atoms with E-state index in [1.807, 2.05) is 0 Å². The van der Waals surface area contributed by atoms with Crippen LogP contribution in [0.15, 0.2) is 47.6 Å². The first-order valence-electron chi connectivity index (χ1n) is 7.06. The molecule has 0 aliphatic carbocycles. The Bertz CT molecular complexity index is 789. The van der Waals surface area contributed by atoms with E-state index in [4.69, 9.17) is 9.47 Å². The maximum absolute atomic E-state index is 11.6. The second-order valence-corrected chi connectivity index (χ2v) is 4.76. The zero-order chi connectivity index (χ0) is 18.2. The van der Waals surface area contributed by atoms with Gasteiger partial charge in [0.25, 0.3) is 11.6 Å². The van der Waals surface area contributed by atoms with Gasteiger partial charge in [0.05, 0.1) is 18.2 Å². The molecule has 9 nitrogen and oxygen atoms in total. The Balaban J connectivity index is 1.83. The molecule has 0 spiro atoms. The molecule has 0 aromatic heterocycles. The average Bonchev–Trinajstić information content (AvgIpc) is 2.61. The van der Waals surface area contributed by atoms with Crippen LogP contribution in [0.5, 0.6) is 17.2 Å². The lowest BCUT2D eigenvalue weighted by Crippen LogP contribution is -2.24. The van der Waals surface area contributed by atoms with Gasteiger partial charge in [-0.05, 0) is 24.3 Å². The molecule has 0 radical (unpaired) electrons. The van der Waals surface area contributed by atoms with Gasteiger partial charge in [0.15, 0.2) is 6.61 Å². The van der Waals surface area contributed by atoms with Gasteiger partial charge in [0.2, 0.25) is 0 Å². The highest BCUT2D eigenvalue weighted by atomic mass is 16.6. The van der Waals surface area contributed by atoms with Crippen molar-refractivity contribution in [2.45, 2.75) is 0 Å². The lowest BCUT2D eigenvalue weighted by atomic mass is 10.2. The van der Waals surface area contributed by atoms with Crippen molar-refractivity contribution in [3.05, 3.63) is 58.1 Å². The largest absolute Gasteiger partial charge is 0.507 e. The van der Waals surface area contributed by atoms with E-state index >= 15 is 0 Å². The van der Waals surface area contributed by atoms with Crippen molar-refractivity contribution >= 4 is 17.8 Å². The highest BCUT2D eigenvalue weighted by Gasteiger charge is 2.06. The van der Waals surface area contributed by atoms with Gasteiger partial charge in [-0.2, -0.15) is 5.10 Å². The molecule has 2 aromatic rings. The number of hydrogen-bond acceptors (Lipinski definition) is 7. The number of nitrogens with one attached hydrogen (secondary N) is 1. The topological polar surface area (TPSA) is 123 Å². The van der Waals surface area contributed by atoms with Crippen molar-refractivity contribution in [2.24, 2.45) is 5.10 Å². The minimum absolute atomic E-state index is 0.0421. The van der Waals surface area contributed by atoms with E-state index in [-0.39, 0.29) is 18.0 Å². The summed E-state index contributed by atoms with van der Waals surface area (Å²) in [5.74, 6) is 0.245. The number of nitro groups is 1. The summed E-state index contributed by atoms with van der Waals surface area (Å²) in [6.45, 7) is -0.316. The number of phenols is 1. The number of hydrazone groups is 1. The molecule has 0 bridgehead atoms. The summed E-state index contributed by atoms with van der Waals surface area (Å²) in [6, 6.07) is 9.97. The minimum Gasteiger partial charge on any atom is -0.507 e. The predicted octanol–water partition coefficient (Wildman–Crippen LogP) is 1.84. The van der Waals surface area contributed by atoms with Gasteiger partial charge in [-0.15, -0.1) is 0 Å². The monoisotopic (exact) mass is 345 g/mol. The highest BCUT2D eigenvalue weighted by molar-refractivity contribution is 5.85. The number of rotatable bonds is 7. The molecule has 0 aliphatic heterocycles. The van der Waals surface area contributed by atoms with Crippen LogP contribution in [0.2, 0.25) is 0 Å². The molecule has 25 heavy (non-hydrogen) atoms. The Morgan fingerprint density at radius 3 is 2.56 bits per heavy atom. The third-order valence-corrected chi connectivity index (χ3v) is 3.05. The fourth-order valence-corrected chi connectivity index (χ4v) is 1.78. The van der Waals surface area contributed by atoms with E-state index in [1.165, 1.54) is 43.7 Å². The quantitative estimate of drug-likeness (QED) is 0.448. The van der Waals surface area contributed by atoms with Gasteiger partial charge in [0.1, 0.15) is 17.2 Å². The molecule has 2 N–H and O–H groups in total. The van der Waals surface area contributed by atoms with Crippen molar-refractivity contribution in [1.29, 1.82) is 0 Å². The van der Waals surface area contributed by atoms with Crippen LogP contribution in [-0.4, -0.2) is 35.9 Å². The Labute approximate surface area is 142 Å². The number of non-ortho nitro benzene ring substituents is 1. The number of ether oxygens (including phenoxy) is 2. The molecule has 0 atom stereocenters. The van der Waals surface area contributed by atoms with Crippen LogP contribution < -0.4 is 14.9 Å². The number of hydrogen-bond donors (Lipinski definition) is 2. The third kappa shape index (κ3) is 5.20. The Morgan fingerprint density at radius 2 is 1.96 bits per heavy atom. The molecular formula is C16H15N3O6. The molecule has 0 unspecified atom stereocenters. The van der Waals surface area contributed by atoms with Crippen LogP contribution in [0.25, 0.3) is 0 Å². The van der Waals surface area contributed by atoms with Crippen LogP contribution in [-0.2, 0) is 4.79 Å². The summed E-state index contributed by atoms with van der Waals surface area (Å²) in [4.78, 5) is 21.6. The number of nitrogens with zero attached hydrogens (tertiary/aromatic N) is 2. The molecule has 0 saturated carbocycles. The number of phenolic OH excluding ortho intramolecular Hbond substituents is 1. The van der Waals surface area contributed by atoms with Crippen LogP contribution in [0.4, 0.5) is 5.69 Å². The van der Waals surface area contributed by atoms with Gasteiger partial charge in [-0.1, -0.05) is 0 Å². The zero-order valence-corrected chi connectivity index (χ0v) is 13.2. The molecule has 0 saturated heterocycles. The molecular weight excluding hydrogens is 330 g/mol. The van der Waals surface area contributed by atoms with E-state index in [0.717, 1.165) is 0 Å². The van der Waals surface area contributed by atoms with Crippen molar-refractivity contribution in [3.8, 4) is 17.2 Å². The van der Waals surface area contributed by atoms with Crippen molar-refractivity contribution in [3.63, 3.8) is 0 Å². The smallest absolute Gasteiger partial charge is 0.277 e. The van der Waals surface area contributed by atoms with Gasteiger partial charge >= 0.3 is 0 Å². The number of benzene rings is 2. The van der Waals surface area contributed by atoms with Crippen molar-refractivity contribution in [2.75, 3.05) is 13.7 Å². The third-order valence-electron chi connectivity index (χ3n) is 3.05. The van der Waals surface area contributed by atoms with E-state index < -0.39 is 10.8 Å². The summed E-state index contributed by atoms with van der Waals surface area (Å²) in [7, 11) is 1.48. The molecule has 2 aromatic carbocycles. The maximum Gasteiger partial charge on any atom is 0.277 e. The average molecular weight is 345 g/mol. The summed E-state index contributed by atoms with van der Waals surface area (Å²) in [5.41, 5.74) is 2.57. The number of nitro benzene ring substituents is 1. The highest BCUT2D eigenvalue weighted by Crippen LogP contribution is 2.21. The van der Waals surface area contributed by atoms with E-state index in [0.29, 0.717) is 17.1 Å². The maximum atomic E-state index is 11.6. The van der Waals surface area contributed by atoms with Crippen molar-refractivity contribution < 1.29 is 24.3 Å².